The lowest BCUT2D eigenvalue weighted by atomic mass is 10.1. The van der Waals surface area contributed by atoms with E-state index in [1.54, 1.807) is 18.3 Å². The maximum Gasteiger partial charge on any atom is 0.182 e. The summed E-state index contributed by atoms with van der Waals surface area (Å²) in [5.41, 5.74) is 0.396. The summed E-state index contributed by atoms with van der Waals surface area (Å²) in [5.74, 6) is 0.0317. The third kappa shape index (κ3) is 4.15. The Hall–Kier alpha value is -1.15. The molecule has 0 atom stereocenters. The third-order valence-corrected chi connectivity index (χ3v) is 2.64. The van der Waals surface area contributed by atoms with Crippen LogP contribution in [0.1, 0.15) is 42.6 Å². The van der Waals surface area contributed by atoms with Crippen molar-refractivity contribution in [2.24, 2.45) is 0 Å². The van der Waals surface area contributed by atoms with Crippen molar-refractivity contribution in [3.63, 3.8) is 0 Å². The van der Waals surface area contributed by atoms with E-state index in [9.17, 15) is 4.79 Å². The first-order valence-corrected chi connectivity index (χ1v) is 5.88. The van der Waals surface area contributed by atoms with Gasteiger partial charge in [-0.3, -0.25) is 9.78 Å². The van der Waals surface area contributed by atoms with Crippen LogP contribution < -0.4 is 0 Å². The van der Waals surface area contributed by atoms with Crippen molar-refractivity contribution < 1.29 is 4.79 Å². The number of unbranched alkanes of at least 4 members (excludes halogenated alkanes) is 3. The molecule has 0 aliphatic rings. The van der Waals surface area contributed by atoms with Gasteiger partial charge in [-0.05, 0) is 31.4 Å². The van der Waals surface area contributed by atoms with Gasteiger partial charge in [0.2, 0.25) is 0 Å². The largest absolute Gasteiger partial charge is 0.292 e. The van der Waals surface area contributed by atoms with Gasteiger partial charge >= 0.3 is 0 Å². The minimum Gasteiger partial charge on any atom is -0.292 e. The fraction of sp³-hybridized carbons (Fsp3) is 0.385. The minimum atomic E-state index is 0.0317. The first-order chi connectivity index (χ1) is 7.75. The second-order valence-corrected chi connectivity index (χ2v) is 4.05. The Balaban J connectivity index is 2.36. The number of hydrogen-bond acceptors (Lipinski definition) is 2. The minimum absolute atomic E-state index is 0.0317. The van der Waals surface area contributed by atoms with Crippen LogP contribution in [0.15, 0.2) is 31.0 Å². The maximum absolute atomic E-state index is 11.7. The Morgan fingerprint density at radius 2 is 2.25 bits per heavy atom. The van der Waals surface area contributed by atoms with Gasteiger partial charge in [-0.1, -0.05) is 24.1 Å². The number of halogens is 1. The molecule has 1 rings (SSSR count). The number of carbonyl (C=O) groups excluding carboxylic acids is 1. The Morgan fingerprint density at radius 3 is 2.94 bits per heavy atom. The van der Waals surface area contributed by atoms with E-state index in [2.05, 4.69) is 11.6 Å². The normalized spacial score (nSPS) is 10.1. The van der Waals surface area contributed by atoms with Crippen molar-refractivity contribution in [1.82, 2.24) is 4.98 Å². The van der Waals surface area contributed by atoms with Crippen molar-refractivity contribution >= 4 is 17.4 Å². The van der Waals surface area contributed by atoms with Crippen LogP contribution >= 0.6 is 11.6 Å². The molecule has 0 unspecified atom stereocenters. The van der Waals surface area contributed by atoms with Gasteiger partial charge in [-0.15, -0.1) is 6.58 Å². The molecule has 1 aromatic rings. The number of nitrogens with zero attached hydrogens (tertiary/aromatic N) is 1. The van der Waals surface area contributed by atoms with Crippen LogP contribution in [0.4, 0.5) is 0 Å². The van der Waals surface area contributed by atoms with Crippen LogP contribution in [-0.2, 0) is 0 Å². The number of Topliss-reactive ketones (excluding diaryl/α,β-unsaturated/α-hetero) is 1. The summed E-state index contributed by atoms with van der Waals surface area (Å²) in [4.78, 5) is 15.7. The van der Waals surface area contributed by atoms with Crippen molar-refractivity contribution in [2.75, 3.05) is 0 Å². The van der Waals surface area contributed by atoms with Gasteiger partial charge in [-0.25, -0.2) is 0 Å². The molecular formula is C13H16ClNO. The SMILES string of the molecule is C=CCCCCCC(=O)c1ncccc1Cl. The highest BCUT2D eigenvalue weighted by Crippen LogP contribution is 2.15. The van der Waals surface area contributed by atoms with Crippen molar-refractivity contribution in [3.8, 4) is 0 Å². The second kappa shape index (κ2) is 7.18. The van der Waals surface area contributed by atoms with E-state index in [4.69, 9.17) is 11.6 Å². The molecular weight excluding hydrogens is 222 g/mol. The fourth-order valence-corrected chi connectivity index (χ4v) is 1.69. The summed E-state index contributed by atoms with van der Waals surface area (Å²) in [6.45, 7) is 3.66. The standard InChI is InChI=1S/C13H16ClNO/c1-2-3-4-5-6-9-12(16)13-11(14)8-7-10-15-13/h2,7-8,10H,1,3-6,9H2. The van der Waals surface area contributed by atoms with E-state index in [1.807, 2.05) is 6.08 Å². The molecule has 0 bridgehead atoms. The van der Waals surface area contributed by atoms with Gasteiger partial charge in [0.1, 0.15) is 5.69 Å². The molecule has 0 saturated carbocycles. The van der Waals surface area contributed by atoms with E-state index in [0.717, 1.165) is 25.7 Å². The fourth-order valence-electron chi connectivity index (χ4n) is 1.46. The van der Waals surface area contributed by atoms with E-state index in [-0.39, 0.29) is 5.78 Å². The Labute approximate surface area is 101 Å². The highest BCUT2D eigenvalue weighted by atomic mass is 35.5. The maximum atomic E-state index is 11.7. The average Bonchev–Trinajstić information content (AvgIpc) is 2.29. The highest BCUT2D eigenvalue weighted by Gasteiger charge is 2.10. The van der Waals surface area contributed by atoms with Gasteiger partial charge in [0, 0.05) is 12.6 Å². The zero-order valence-electron chi connectivity index (χ0n) is 9.29. The number of pyridine rings is 1. The number of ketones is 1. The Morgan fingerprint density at radius 1 is 1.44 bits per heavy atom. The molecule has 3 heteroatoms. The molecule has 0 N–H and O–H groups in total. The zero-order valence-corrected chi connectivity index (χ0v) is 10.0. The van der Waals surface area contributed by atoms with Crippen molar-refractivity contribution in [3.05, 3.63) is 41.7 Å². The van der Waals surface area contributed by atoms with Crippen LogP contribution in [-0.4, -0.2) is 10.8 Å². The van der Waals surface area contributed by atoms with Crippen molar-refractivity contribution in [1.29, 1.82) is 0 Å². The Bertz CT molecular complexity index is 363. The topological polar surface area (TPSA) is 30.0 Å². The molecule has 0 saturated heterocycles. The summed E-state index contributed by atoms with van der Waals surface area (Å²) in [6, 6.07) is 3.42. The van der Waals surface area contributed by atoms with Crippen LogP contribution in [0.5, 0.6) is 0 Å². The highest BCUT2D eigenvalue weighted by molar-refractivity contribution is 6.33. The monoisotopic (exact) mass is 237 g/mol. The molecule has 0 fully saturated rings. The molecule has 16 heavy (non-hydrogen) atoms. The van der Waals surface area contributed by atoms with Crippen LogP contribution in [0, 0.1) is 0 Å². The van der Waals surface area contributed by atoms with Crippen LogP contribution in [0.25, 0.3) is 0 Å². The molecule has 0 radical (unpaired) electrons. The molecule has 0 aliphatic carbocycles. The van der Waals surface area contributed by atoms with Gasteiger partial charge in [0.25, 0.3) is 0 Å². The molecule has 2 nitrogen and oxygen atoms in total. The van der Waals surface area contributed by atoms with Gasteiger partial charge in [0.15, 0.2) is 5.78 Å². The van der Waals surface area contributed by atoms with Gasteiger partial charge in [-0.2, -0.15) is 0 Å². The first kappa shape index (κ1) is 12.9. The predicted molar refractivity (Wildman–Crippen MR) is 66.9 cm³/mol. The predicted octanol–water partition coefficient (Wildman–Crippen LogP) is 4.05. The first-order valence-electron chi connectivity index (χ1n) is 5.50. The van der Waals surface area contributed by atoms with Crippen LogP contribution in [0.2, 0.25) is 5.02 Å². The molecule has 0 spiro atoms. The quantitative estimate of drug-likeness (QED) is 0.407. The van der Waals surface area contributed by atoms with E-state index in [1.165, 1.54) is 0 Å². The third-order valence-electron chi connectivity index (χ3n) is 2.33. The number of allylic oxidation sites excluding steroid dienone is 1. The van der Waals surface area contributed by atoms with Gasteiger partial charge < -0.3 is 0 Å². The summed E-state index contributed by atoms with van der Waals surface area (Å²) in [7, 11) is 0. The van der Waals surface area contributed by atoms with E-state index >= 15 is 0 Å². The molecule has 1 heterocycles. The summed E-state index contributed by atoms with van der Waals surface area (Å²) < 4.78 is 0. The molecule has 0 amide bonds. The van der Waals surface area contributed by atoms with Gasteiger partial charge in [0.05, 0.1) is 5.02 Å². The molecule has 1 aromatic heterocycles. The molecule has 0 aliphatic heterocycles. The number of rotatable bonds is 7. The number of hydrogen-bond donors (Lipinski definition) is 0. The summed E-state index contributed by atoms with van der Waals surface area (Å²) in [5, 5.41) is 0.443. The average molecular weight is 238 g/mol. The molecule has 86 valence electrons. The second-order valence-electron chi connectivity index (χ2n) is 3.65. The molecule has 0 aromatic carbocycles. The Kier molecular flexibility index (Phi) is 5.79. The van der Waals surface area contributed by atoms with Crippen LogP contribution in [0.3, 0.4) is 0 Å². The zero-order chi connectivity index (χ0) is 11.8. The summed E-state index contributed by atoms with van der Waals surface area (Å²) in [6.07, 6.45) is 8.05. The lowest BCUT2D eigenvalue weighted by Crippen LogP contribution is -2.02. The lowest BCUT2D eigenvalue weighted by Gasteiger charge is -2.01. The van der Waals surface area contributed by atoms with E-state index in [0.29, 0.717) is 17.1 Å². The summed E-state index contributed by atoms with van der Waals surface area (Å²) >= 11 is 5.89. The van der Waals surface area contributed by atoms with E-state index < -0.39 is 0 Å². The smallest absolute Gasteiger partial charge is 0.182 e. The number of aromatic nitrogens is 1. The lowest BCUT2D eigenvalue weighted by molar-refractivity contribution is 0.0974. The van der Waals surface area contributed by atoms with Crippen molar-refractivity contribution in [2.45, 2.75) is 32.1 Å². The number of carbonyl (C=O) groups is 1.